The first-order chi connectivity index (χ1) is 16.7. The van der Waals surface area contributed by atoms with Gasteiger partial charge in [-0.3, -0.25) is 4.79 Å². The predicted octanol–water partition coefficient (Wildman–Crippen LogP) is 5.66. The van der Waals surface area contributed by atoms with Crippen LogP contribution in [0.25, 0.3) is 22.1 Å². The van der Waals surface area contributed by atoms with E-state index in [-0.39, 0.29) is 5.91 Å². The van der Waals surface area contributed by atoms with Crippen molar-refractivity contribution in [2.45, 2.75) is 69.6 Å². The van der Waals surface area contributed by atoms with Gasteiger partial charge in [-0.25, -0.2) is 4.98 Å². The van der Waals surface area contributed by atoms with Crippen LogP contribution in [-0.2, 0) is 11.3 Å². The fourth-order valence-corrected chi connectivity index (χ4v) is 5.53. The molecule has 0 bridgehead atoms. The third-order valence-corrected chi connectivity index (χ3v) is 7.62. The molecule has 0 saturated heterocycles. The molecule has 0 aliphatic heterocycles. The van der Waals surface area contributed by atoms with Crippen molar-refractivity contribution in [1.29, 1.82) is 0 Å². The van der Waals surface area contributed by atoms with Gasteiger partial charge < -0.3 is 9.88 Å². The molecular formula is C27H31N5OS. The number of para-hydroxylation sites is 1. The van der Waals surface area contributed by atoms with Gasteiger partial charge in [-0.1, -0.05) is 73.5 Å². The lowest BCUT2D eigenvalue weighted by Gasteiger charge is -2.22. The molecule has 1 aliphatic carbocycles. The van der Waals surface area contributed by atoms with Crippen LogP contribution in [0.3, 0.4) is 0 Å². The standard InChI is InChI=1S/C27H31N5OS/c1-19-10-5-6-11-20(19)18-32-23-15-8-7-14-22(23)25-26(32)29-27(31-30-25)34-17-9-16-24(33)28-21-12-3-2-4-13-21/h5-8,10-11,14-15,21H,2-4,9,12-13,16-18H2,1H3,(H,28,33). The summed E-state index contributed by atoms with van der Waals surface area (Å²) in [4.78, 5) is 17.2. The van der Waals surface area contributed by atoms with Gasteiger partial charge in [0.2, 0.25) is 11.1 Å². The third-order valence-electron chi connectivity index (χ3n) is 6.69. The molecule has 2 heterocycles. The fourth-order valence-electron chi connectivity index (χ4n) is 4.81. The van der Waals surface area contributed by atoms with Gasteiger partial charge in [-0.05, 0) is 43.4 Å². The molecule has 0 unspecified atom stereocenters. The maximum Gasteiger partial charge on any atom is 0.220 e. The molecule has 2 aromatic carbocycles. The summed E-state index contributed by atoms with van der Waals surface area (Å²) in [5, 5.41) is 13.9. The molecule has 1 fully saturated rings. The number of hydrogen-bond donors (Lipinski definition) is 1. The Kier molecular flexibility index (Phi) is 7.09. The fraction of sp³-hybridized carbons (Fsp3) is 0.407. The second-order valence-electron chi connectivity index (χ2n) is 9.15. The summed E-state index contributed by atoms with van der Waals surface area (Å²) >= 11 is 1.57. The minimum absolute atomic E-state index is 0.167. The zero-order valence-corrected chi connectivity index (χ0v) is 20.5. The number of carbonyl (C=O) groups excluding carboxylic acids is 1. The van der Waals surface area contributed by atoms with Gasteiger partial charge in [0.25, 0.3) is 0 Å². The summed E-state index contributed by atoms with van der Waals surface area (Å²) in [6.45, 7) is 2.88. The van der Waals surface area contributed by atoms with E-state index in [1.165, 1.54) is 30.4 Å². The Labute approximate surface area is 204 Å². The van der Waals surface area contributed by atoms with Crippen molar-refractivity contribution in [3.8, 4) is 0 Å². The Morgan fingerprint density at radius 3 is 2.71 bits per heavy atom. The van der Waals surface area contributed by atoms with Crippen LogP contribution in [-0.4, -0.2) is 37.5 Å². The quantitative estimate of drug-likeness (QED) is 0.264. The minimum Gasteiger partial charge on any atom is -0.353 e. The van der Waals surface area contributed by atoms with Crippen molar-refractivity contribution < 1.29 is 4.79 Å². The highest BCUT2D eigenvalue weighted by Crippen LogP contribution is 2.28. The number of fused-ring (bicyclic) bond motifs is 3. The zero-order valence-electron chi connectivity index (χ0n) is 19.7. The molecule has 0 spiro atoms. The highest BCUT2D eigenvalue weighted by molar-refractivity contribution is 7.99. The van der Waals surface area contributed by atoms with Crippen LogP contribution >= 0.6 is 11.8 Å². The van der Waals surface area contributed by atoms with Gasteiger partial charge in [0, 0.05) is 30.1 Å². The summed E-state index contributed by atoms with van der Waals surface area (Å²) in [5.41, 5.74) is 5.33. The summed E-state index contributed by atoms with van der Waals surface area (Å²) in [6, 6.07) is 17.1. The van der Waals surface area contributed by atoms with E-state index in [9.17, 15) is 4.79 Å². The predicted molar refractivity (Wildman–Crippen MR) is 138 cm³/mol. The SMILES string of the molecule is Cc1ccccc1Cn1c2ccccc2c2nnc(SCCCC(=O)NC3CCCCC3)nc21. The number of nitrogens with zero attached hydrogens (tertiary/aromatic N) is 4. The Hall–Kier alpha value is -2.93. The van der Waals surface area contributed by atoms with Crippen molar-refractivity contribution in [1.82, 2.24) is 25.1 Å². The number of carbonyl (C=O) groups is 1. The topological polar surface area (TPSA) is 72.7 Å². The lowest BCUT2D eigenvalue weighted by molar-refractivity contribution is -0.122. The van der Waals surface area contributed by atoms with Gasteiger partial charge in [-0.15, -0.1) is 10.2 Å². The average molecular weight is 474 g/mol. The number of thioether (sulfide) groups is 1. The largest absolute Gasteiger partial charge is 0.353 e. The van der Waals surface area contributed by atoms with Crippen molar-refractivity contribution >= 4 is 39.7 Å². The second-order valence-corrected chi connectivity index (χ2v) is 10.2. The molecule has 1 aliphatic rings. The van der Waals surface area contributed by atoms with Crippen LogP contribution in [0.4, 0.5) is 0 Å². The van der Waals surface area contributed by atoms with Crippen LogP contribution in [0.2, 0.25) is 0 Å². The highest BCUT2D eigenvalue weighted by atomic mass is 32.2. The van der Waals surface area contributed by atoms with Crippen molar-refractivity contribution in [3.05, 3.63) is 59.7 Å². The number of benzene rings is 2. The molecule has 5 rings (SSSR count). The first kappa shape index (κ1) is 22.8. The van der Waals surface area contributed by atoms with E-state index >= 15 is 0 Å². The van der Waals surface area contributed by atoms with Crippen LogP contribution in [0.15, 0.2) is 53.7 Å². The smallest absolute Gasteiger partial charge is 0.220 e. The zero-order chi connectivity index (χ0) is 23.3. The Morgan fingerprint density at radius 2 is 1.85 bits per heavy atom. The monoisotopic (exact) mass is 473 g/mol. The normalized spacial score (nSPS) is 14.6. The van der Waals surface area contributed by atoms with Crippen molar-refractivity contribution in [2.75, 3.05) is 5.75 Å². The van der Waals surface area contributed by atoms with E-state index in [4.69, 9.17) is 4.98 Å². The van der Waals surface area contributed by atoms with Crippen LogP contribution in [0.5, 0.6) is 0 Å². The van der Waals surface area contributed by atoms with E-state index in [1.54, 1.807) is 11.8 Å². The number of nitrogens with one attached hydrogen (secondary N) is 1. The van der Waals surface area contributed by atoms with Gasteiger partial charge >= 0.3 is 0 Å². The summed E-state index contributed by atoms with van der Waals surface area (Å²) in [7, 11) is 0. The molecule has 1 amide bonds. The molecule has 4 aromatic rings. The molecule has 0 atom stereocenters. The summed E-state index contributed by atoms with van der Waals surface area (Å²) < 4.78 is 2.24. The number of aryl methyl sites for hydroxylation is 1. The maximum absolute atomic E-state index is 12.3. The highest BCUT2D eigenvalue weighted by Gasteiger charge is 2.17. The van der Waals surface area contributed by atoms with E-state index in [0.29, 0.717) is 17.6 Å². The molecule has 6 nitrogen and oxygen atoms in total. The van der Waals surface area contributed by atoms with E-state index < -0.39 is 0 Å². The maximum atomic E-state index is 12.3. The molecule has 1 saturated carbocycles. The molecular weight excluding hydrogens is 442 g/mol. The van der Waals surface area contributed by atoms with E-state index in [1.807, 2.05) is 6.07 Å². The Balaban J connectivity index is 1.29. The van der Waals surface area contributed by atoms with Crippen LogP contribution < -0.4 is 5.32 Å². The molecule has 2 aromatic heterocycles. The number of hydrogen-bond acceptors (Lipinski definition) is 5. The molecule has 176 valence electrons. The van der Waals surface area contributed by atoms with Crippen molar-refractivity contribution in [3.63, 3.8) is 0 Å². The third kappa shape index (κ3) is 5.09. The first-order valence-electron chi connectivity index (χ1n) is 12.3. The van der Waals surface area contributed by atoms with Gasteiger partial charge in [0.15, 0.2) is 5.65 Å². The molecule has 34 heavy (non-hydrogen) atoms. The first-order valence-corrected chi connectivity index (χ1v) is 13.3. The number of amides is 1. The van der Waals surface area contributed by atoms with Crippen LogP contribution in [0, 0.1) is 6.92 Å². The van der Waals surface area contributed by atoms with Crippen LogP contribution in [0.1, 0.15) is 56.1 Å². The number of aromatic nitrogens is 4. The summed E-state index contributed by atoms with van der Waals surface area (Å²) in [6.07, 6.45) is 7.35. The molecule has 1 N–H and O–H groups in total. The Bertz CT molecular complexity index is 1290. The Morgan fingerprint density at radius 1 is 1.06 bits per heavy atom. The number of rotatable bonds is 8. The average Bonchev–Trinajstić information content (AvgIpc) is 3.17. The van der Waals surface area contributed by atoms with Crippen molar-refractivity contribution in [2.24, 2.45) is 0 Å². The lowest BCUT2D eigenvalue weighted by Crippen LogP contribution is -2.36. The molecule has 7 heteroatoms. The lowest BCUT2D eigenvalue weighted by atomic mass is 9.95. The van der Waals surface area contributed by atoms with Gasteiger partial charge in [0.05, 0.1) is 5.52 Å². The summed E-state index contributed by atoms with van der Waals surface area (Å²) in [5.74, 6) is 0.962. The minimum atomic E-state index is 0.167. The van der Waals surface area contributed by atoms with E-state index in [2.05, 4.69) is 69.5 Å². The van der Waals surface area contributed by atoms with E-state index in [0.717, 1.165) is 53.6 Å². The molecule has 0 radical (unpaired) electrons. The van der Waals surface area contributed by atoms with Gasteiger partial charge in [-0.2, -0.15) is 0 Å². The van der Waals surface area contributed by atoms with Gasteiger partial charge in [0.1, 0.15) is 5.52 Å². The second kappa shape index (κ2) is 10.6.